The van der Waals surface area contributed by atoms with Gasteiger partial charge in [0.05, 0.1) is 31.1 Å². The number of ether oxygens (including phenoxy) is 2. The predicted molar refractivity (Wildman–Crippen MR) is 144 cm³/mol. The lowest BCUT2D eigenvalue weighted by atomic mass is 10.1. The zero-order valence-corrected chi connectivity index (χ0v) is 22.2. The van der Waals surface area contributed by atoms with E-state index < -0.39 is 0 Å². The van der Waals surface area contributed by atoms with Gasteiger partial charge in [0.2, 0.25) is 11.9 Å². The molecule has 2 saturated heterocycles. The van der Waals surface area contributed by atoms with Crippen molar-refractivity contribution in [1.82, 2.24) is 29.7 Å². The summed E-state index contributed by atoms with van der Waals surface area (Å²) in [7, 11) is 0. The van der Waals surface area contributed by atoms with Gasteiger partial charge in [0.1, 0.15) is 0 Å². The highest BCUT2D eigenvalue weighted by atomic mass is 16.5. The van der Waals surface area contributed by atoms with Crippen molar-refractivity contribution in [3.63, 3.8) is 0 Å². The fraction of sp³-hybridized carbons (Fsp3) is 0.615. The van der Waals surface area contributed by atoms with Crippen molar-refractivity contribution in [3.05, 3.63) is 35.4 Å². The van der Waals surface area contributed by atoms with Crippen molar-refractivity contribution in [3.8, 4) is 0 Å². The van der Waals surface area contributed by atoms with Gasteiger partial charge >= 0.3 is 5.97 Å². The molecule has 12 nitrogen and oxygen atoms in total. The van der Waals surface area contributed by atoms with Crippen molar-refractivity contribution in [2.45, 2.75) is 13.3 Å². The summed E-state index contributed by atoms with van der Waals surface area (Å²) in [5.41, 5.74) is 2.54. The number of fused-ring (bicyclic) bond motifs is 1. The van der Waals surface area contributed by atoms with Crippen LogP contribution in [0.15, 0.2) is 23.6 Å². The van der Waals surface area contributed by atoms with Gasteiger partial charge in [-0.3, -0.25) is 14.8 Å². The number of anilines is 2. The first kappa shape index (κ1) is 26.4. The van der Waals surface area contributed by atoms with E-state index in [1.807, 2.05) is 12.4 Å². The molecule has 0 saturated carbocycles. The molecule has 2 fully saturated rings. The van der Waals surface area contributed by atoms with E-state index in [1.54, 1.807) is 6.92 Å². The Hall–Kier alpha value is -3.22. The average molecular weight is 524 g/mol. The van der Waals surface area contributed by atoms with E-state index in [2.05, 4.69) is 39.5 Å². The summed E-state index contributed by atoms with van der Waals surface area (Å²) in [5, 5.41) is 0. The summed E-state index contributed by atoms with van der Waals surface area (Å²) >= 11 is 0. The highest BCUT2D eigenvalue weighted by Gasteiger charge is 2.21. The van der Waals surface area contributed by atoms with Crippen LogP contribution in [0.4, 0.5) is 11.9 Å². The summed E-state index contributed by atoms with van der Waals surface area (Å²) in [6, 6.07) is 0. The van der Waals surface area contributed by atoms with Crippen LogP contribution in [0.5, 0.6) is 0 Å². The van der Waals surface area contributed by atoms with Crippen LogP contribution in [-0.4, -0.2) is 134 Å². The van der Waals surface area contributed by atoms with Crippen LogP contribution in [-0.2, 0) is 15.9 Å². The molecule has 3 aliphatic rings. The summed E-state index contributed by atoms with van der Waals surface area (Å²) in [4.78, 5) is 43.4. The predicted octanol–water partition coefficient (Wildman–Crippen LogP) is 0.379. The lowest BCUT2D eigenvalue weighted by molar-refractivity contribution is 0.0525. The van der Waals surface area contributed by atoms with E-state index in [4.69, 9.17) is 14.5 Å². The van der Waals surface area contributed by atoms with Crippen LogP contribution < -0.4 is 9.80 Å². The molecule has 0 N–H and O–H groups in total. The van der Waals surface area contributed by atoms with E-state index in [1.165, 1.54) is 12.4 Å². The van der Waals surface area contributed by atoms with Gasteiger partial charge in [-0.1, -0.05) is 0 Å². The topological polar surface area (TPSA) is 112 Å². The zero-order chi connectivity index (χ0) is 26.2. The molecule has 12 heteroatoms. The Balaban J connectivity index is 0.940. The molecule has 5 heterocycles. The molecular weight excluding hydrogens is 486 g/mol. The Bertz CT molecular complexity index is 1080. The van der Waals surface area contributed by atoms with Crippen LogP contribution in [0.2, 0.25) is 0 Å². The van der Waals surface area contributed by atoms with Gasteiger partial charge in [-0.15, -0.1) is 0 Å². The van der Waals surface area contributed by atoms with Crippen molar-refractivity contribution >= 4 is 24.1 Å². The lowest BCUT2D eigenvalue weighted by Crippen LogP contribution is -2.48. The van der Waals surface area contributed by atoms with Gasteiger partial charge in [0.15, 0.2) is 0 Å². The number of rotatable bonds is 10. The highest BCUT2D eigenvalue weighted by Crippen LogP contribution is 2.16. The fourth-order valence-electron chi connectivity index (χ4n) is 4.85. The van der Waals surface area contributed by atoms with Gasteiger partial charge in [0, 0.05) is 109 Å². The Morgan fingerprint density at radius 3 is 2.08 bits per heavy atom. The number of hydrogen-bond donors (Lipinski definition) is 0. The number of nitrogens with zero attached hydrogens (tertiary/aromatic N) is 9. The fourth-order valence-corrected chi connectivity index (χ4v) is 4.85. The molecule has 0 amide bonds. The van der Waals surface area contributed by atoms with Gasteiger partial charge < -0.3 is 19.3 Å². The van der Waals surface area contributed by atoms with Crippen molar-refractivity contribution in [2.24, 2.45) is 4.99 Å². The molecule has 3 aliphatic heterocycles. The van der Waals surface area contributed by atoms with Gasteiger partial charge in [0.25, 0.3) is 0 Å². The molecule has 204 valence electrons. The second-order valence-electron chi connectivity index (χ2n) is 9.62. The SMILES string of the molecule is CCOC(=O)c1cnc(N2CCN(CCOCCN3CCN(c4ncc5c(n4)CCN=C5)CC3)CC2)nc1. The second kappa shape index (κ2) is 13.0. The number of esters is 1. The molecule has 0 bridgehead atoms. The molecule has 5 rings (SSSR count). The molecular formula is C26H37N9O3. The van der Waals surface area contributed by atoms with Crippen LogP contribution in [0, 0.1) is 0 Å². The lowest BCUT2D eigenvalue weighted by Gasteiger charge is -2.35. The van der Waals surface area contributed by atoms with Crippen LogP contribution >= 0.6 is 0 Å². The zero-order valence-electron chi connectivity index (χ0n) is 22.2. The standard InChI is InChI=1S/C26H37N9O3/c1-2-38-24(36)22-19-28-25(29-20-22)34-9-5-32(6-10-34)13-15-37-16-14-33-7-11-35(12-8-33)26-30-18-21-17-27-4-3-23(21)31-26/h17-20H,2-16H2,1H3. The third kappa shape index (κ3) is 6.80. The number of aromatic nitrogens is 4. The van der Waals surface area contributed by atoms with E-state index in [0.717, 1.165) is 109 Å². The normalized spacial score (nSPS) is 18.4. The smallest absolute Gasteiger partial charge is 0.341 e. The third-order valence-corrected chi connectivity index (χ3v) is 7.16. The quantitative estimate of drug-likeness (QED) is 0.318. The van der Waals surface area contributed by atoms with Gasteiger partial charge in [-0.05, 0) is 6.92 Å². The van der Waals surface area contributed by atoms with E-state index >= 15 is 0 Å². The Morgan fingerprint density at radius 2 is 1.45 bits per heavy atom. The maximum absolute atomic E-state index is 11.8. The summed E-state index contributed by atoms with van der Waals surface area (Å²) in [5.74, 6) is 1.11. The van der Waals surface area contributed by atoms with Crippen LogP contribution in [0.1, 0.15) is 28.5 Å². The highest BCUT2D eigenvalue weighted by molar-refractivity contribution is 5.88. The maximum atomic E-state index is 11.8. The van der Waals surface area contributed by atoms with Crippen molar-refractivity contribution in [1.29, 1.82) is 0 Å². The molecule has 38 heavy (non-hydrogen) atoms. The average Bonchev–Trinajstić information content (AvgIpc) is 2.97. The Labute approximate surface area is 223 Å². The molecule has 0 unspecified atom stereocenters. The van der Waals surface area contributed by atoms with E-state index in [0.29, 0.717) is 18.1 Å². The largest absolute Gasteiger partial charge is 0.462 e. The van der Waals surface area contributed by atoms with E-state index in [-0.39, 0.29) is 5.97 Å². The second-order valence-corrected chi connectivity index (χ2v) is 9.62. The number of carbonyl (C=O) groups is 1. The minimum atomic E-state index is -0.387. The number of aliphatic imine (C=N–C) groups is 1. The molecule has 0 spiro atoms. The van der Waals surface area contributed by atoms with Crippen LogP contribution in [0.25, 0.3) is 0 Å². The third-order valence-electron chi connectivity index (χ3n) is 7.16. The van der Waals surface area contributed by atoms with E-state index in [9.17, 15) is 4.79 Å². The summed E-state index contributed by atoms with van der Waals surface area (Å²) in [6.07, 6.45) is 7.76. The number of carbonyl (C=O) groups excluding carboxylic acids is 1. The Kier molecular flexibility index (Phi) is 9.05. The van der Waals surface area contributed by atoms with Gasteiger partial charge in [-0.25, -0.2) is 24.7 Å². The van der Waals surface area contributed by atoms with Crippen LogP contribution in [0.3, 0.4) is 0 Å². The maximum Gasteiger partial charge on any atom is 0.341 e. The molecule has 0 aliphatic carbocycles. The summed E-state index contributed by atoms with van der Waals surface area (Å²) in [6.45, 7) is 13.7. The Morgan fingerprint density at radius 1 is 0.842 bits per heavy atom. The minimum Gasteiger partial charge on any atom is -0.462 e. The number of piperazine rings is 2. The molecule has 0 aromatic carbocycles. The molecule has 0 atom stereocenters. The first-order valence-corrected chi connectivity index (χ1v) is 13.6. The van der Waals surface area contributed by atoms with Crippen molar-refractivity contribution < 1.29 is 14.3 Å². The first-order chi connectivity index (χ1) is 18.7. The number of hydrogen-bond acceptors (Lipinski definition) is 12. The van der Waals surface area contributed by atoms with Gasteiger partial charge in [-0.2, -0.15) is 0 Å². The minimum absolute atomic E-state index is 0.339. The summed E-state index contributed by atoms with van der Waals surface area (Å²) < 4.78 is 11.0. The molecule has 0 radical (unpaired) electrons. The first-order valence-electron chi connectivity index (χ1n) is 13.6. The molecule has 2 aromatic heterocycles. The van der Waals surface area contributed by atoms with Crippen molar-refractivity contribution in [2.75, 3.05) is 102 Å². The molecule has 2 aromatic rings. The monoisotopic (exact) mass is 523 g/mol.